The van der Waals surface area contributed by atoms with Crippen LogP contribution in [-0.2, 0) is 0 Å². The Morgan fingerprint density at radius 3 is 1.51 bits per heavy atom. The molecule has 11 nitrogen and oxygen atoms in total. The molecule has 0 unspecified atom stereocenters. The summed E-state index contributed by atoms with van der Waals surface area (Å²) in [6.45, 7) is 19.1. The zero-order valence-electron chi connectivity index (χ0n) is 37.3. The number of rotatable bonds is 10. The van der Waals surface area contributed by atoms with Crippen molar-refractivity contribution >= 4 is 57.3 Å². The minimum absolute atomic E-state index is 0. The van der Waals surface area contributed by atoms with Crippen LogP contribution in [0.1, 0.15) is 112 Å². The van der Waals surface area contributed by atoms with Crippen molar-refractivity contribution in [2.75, 3.05) is 60.4 Å². The number of halogens is 2. The number of nitrogens with zero attached hydrogens (tertiary/aromatic N) is 11. The summed E-state index contributed by atoms with van der Waals surface area (Å²) in [5.74, 6) is 3.63. The van der Waals surface area contributed by atoms with Gasteiger partial charge in [-0.05, 0) is 144 Å². The normalized spacial score (nSPS) is 17.1. The lowest BCUT2D eigenvalue weighted by Crippen LogP contribution is -2.33. The van der Waals surface area contributed by atoms with E-state index < -0.39 is 0 Å². The Morgan fingerprint density at radius 1 is 0.619 bits per heavy atom. The molecule has 7 heterocycles. The number of thiophene rings is 2. The first-order valence-corrected chi connectivity index (χ1v) is 24.0. The fourth-order valence-corrected chi connectivity index (χ4v) is 11.4. The van der Waals surface area contributed by atoms with Crippen molar-refractivity contribution in [2.45, 2.75) is 86.7 Å². The monoisotopic (exact) mass is 925 g/mol. The van der Waals surface area contributed by atoms with Gasteiger partial charge in [-0.2, -0.15) is 0 Å². The Hall–Kier alpha value is -4.08. The van der Waals surface area contributed by atoms with E-state index in [1.54, 1.807) is 22.7 Å². The Labute approximate surface area is 391 Å². The number of benzene rings is 2. The van der Waals surface area contributed by atoms with Crippen molar-refractivity contribution in [3.05, 3.63) is 125 Å². The van der Waals surface area contributed by atoms with Crippen LogP contribution in [0.15, 0.2) is 58.5 Å². The van der Waals surface area contributed by atoms with Crippen LogP contribution in [0.25, 0.3) is 10.0 Å². The quantitative estimate of drug-likeness (QED) is 0.135. The summed E-state index contributed by atoms with van der Waals surface area (Å²) in [7, 11) is 6.32. The summed E-state index contributed by atoms with van der Waals surface area (Å²) in [6, 6.07) is 15.8. The third kappa shape index (κ3) is 9.80. The third-order valence-corrected chi connectivity index (χ3v) is 15.1. The van der Waals surface area contributed by atoms with Gasteiger partial charge < -0.3 is 14.7 Å². The predicted octanol–water partition coefficient (Wildman–Crippen LogP) is 10.6. The molecule has 15 heteroatoms. The van der Waals surface area contributed by atoms with Crippen LogP contribution < -0.4 is 0 Å². The first-order chi connectivity index (χ1) is 29.8. The Morgan fingerprint density at radius 2 is 1.06 bits per heavy atom. The number of aryl methyl sites for hydroxylation is 4. The molecule has 0 N–H and O–H groups in total. The van der Waals surface area contributed by atoms with Crippen LogP contribution in [0.2, 0.25) is 10.0 Å². The number of fused-ring (bicyclic) bond motifs is 6. The highest BCUT2D eigenvalue weighted by Gasteiger charge is 2.33. The van der Waals surface area contributed by atoms with Gasteiger partial charge in [0, 0.05) is 55.1 Å². The van der Waals surface area contributed by atoms with Crippen LogP contribution in [0.3, 0.4) is 0 Å². The van der Waals surface area contributed by atoms with E-state index in [0.717, 1.165) is 80.5 Å². The summed E-state index contributed by atoms with van der Waals surface area (Å²) >= 11 is 15.9. The number of hydrogen-bond acceptors (Lipinski definition) is 11. The molecule has 0 aliphatic carbocycles. The van der Waals surface area contributed by atoms with E-state index in [-0.39, 0.29) is 19.5 Å². The second-order valence-corrected chi connectivity index (χ2v) is 20.4. The number of hydrogen-bond donors (Lipinski definition) is 0. The second-order valence-electron chi connectivity index (χ2n) is 17.1. The van der Waals surface area contributed by atoms with Gasteiger partial charge in [-0.1, -0.05) is 61.3 Å². The highest BCUT2D eigenvalue weighted by molar-refractivity contribution is 7.15. The van der Waals surface area contributed by atoms with Gasteiger partial charge in [-0.25, -0.2) is 0 Å². The Bertz CT molecular complexity index is 2590. The van der Waals surface area contributed by atoms with Crippen LogP contribution in [0.4, 0.5) is 0 Å². The zero-order valence-corrected chi connectivity index (χ0v) is 40.5. The molecule has 0 spiro atoms. The molecule has 2 atom stereocenters. The summed E-state index contributed by atoms with van der Waals surface area (Å²) < 4.78 is 4.42. The van der Waals surface area contributed by atoms with Crippen LogP contribution >= 0.6 is 45.9 Å². The third-order valence-electron chi connectivity index (χ3n) is 12.2. The largest absolute Gasteiger partial charge is 0.307 e. The maximum atomic E-state index is 6.23. The molecular formula is C48H61Cl2N11S2. The van der Waals surface area contributed by atoms with Crippen molar-refractivity contribution in [3.63, 3.8) is 0 Å². The van der Waals surface area contributed by atoms with Crippen molar-refractivity contribution in [1.82, 2.24) is 44.2 Å². The van der Waals surface area contributed by atoms with Crippen molar-refractivity contribution in [2.24, 2.45) is 9.98 Å². The van der Waals surface area contributed by atoms with Crippen molar-refractivity contribution < 1.29 is 0 Å². The molecule has 0 radical (unpaired) electrons. The first kappa shape index (κ1) is 46.9. The lowest BCUT2D eigenvalue weighted by molar-refractivity contribution is 0.209. The molecule has 1 fully saturated rings. The van der Waals surface area contributed by atoms with Gasteiger partial charge in [0.2, 0.25) is 0 Å². The van der Waals surface area contributed by atoms with Crippen LogP contribution in [-0.4, -0.2) is 116 Å². The van der Waals surface area contributed by atoms with Crippen LogP contribution in [0, 0.1) is 41.5 Å². The van der Waals surface area contributed by atoms with E-state index in [1.807, 2.05) is 50.2 Å². The van der Waals surface area contributed by atoms with Gasteiger partial charge in [-0.15, -0.1) is 43.1 Å². The maximum absolute atomic E-state index is 6.23. The fraction of sp³-hybridized carbons (Fsp3) is 0.458. The van der Waals surface area contributed by atoms with Gasteiger partial charge in [0.05, 0.1) is 11.4 Å². The minimum Gasteiger partial charge on any atom is -0.307 e. The summed E-state index contributed by atoms with van der Waals surface area (Å²) in [4.78, 5) is 20.3. The Balaban J connectivity index is 0.000000192. The molecule has 4 aromatic heterocycles. The number of likely N-dealkylation sites (N-methyl/N-ethyl adjacent to an activating group) is 2. The Kier molecular flexibility index (Phi) is 14.9. The van der Waals surface area contributed by atoms with Gasteiger partial charge in [0.1, 0.15) is 33.7 Å². The van der Waals surface area contributed by atoms with E-state index in [1.165, 1.54) is 82.3 Å². The summed E-state index contributed by atoms with van der Waals surface area (Å²) in [5.41, 5.74) is 9.07. The molecule has 0 bridgehead atoms. The standard InChI is InChI=1S/C27H35ClN6S.C20H22ClN5S.CH4/c1-18-19(2)35-27-24(18)25(21-9-11-22(28)12-10-21)29-23(26-31-30-20(3)34(26)27)17-32(4)13-8-16-33-14-6-5-7-15-33;1-11-12(2)27-20-17(11)18(14-6-8-15(21)9-7-14)22-16(10-25(4)5)19-24-23-13(3)26(19)20;/h9-12,23H,5-8,13-17H2,1-4H3;6-9,16H,10H2,1-5H3;1H4/t23-;16-;/m00./s1. The average molecular weight is 927 g/mol. The van der Waals surface area contributed by atoms with Gasteiger partial charge >= 0.3 is 0 Å². The van der Waals surface area contributed by atoms with E-state index in [9.17, 15) is 0 Å². The van der Waals surface area contributed by atoms with E-state index in [0.29, 0.717) is 0 Å². The van der Waals surface area contributed by atoms with Gasteiger partial charge in [-0.3, -0.25) is 19.1 Å². The predicted molar refractivity (Wildman–Crippen MR) is 264 cm³/mol. The van der Waals surface area contributed by atoms with Crippen LogP contribution in [0.5, 0.6) is 0 Å². The molecule has 2 aromatic carbocycles. The van der Waals surface area contributed by atoms with E-state index >= 15 is 0 Å². The highest BCUT2D eigenvalue weighted by atomic mass is 35.5. The fourth-order valence-electron chi connectivity index (χ4n) is 8.72. The highest BCUT2D eigenvalue weighted by Crippen LogP contribution is 2.41. The molecule has 0 amide bonds. The zero-order chi connectivity index (χ0) is 43.8. The molecule has 9 rings (SSSR count). The minimum atomic E-state index is -0.0961. The second kappa shape index (κ2) is 20.0. The van der Waals surface area contributed by atoms with E-state index in [4.69, 9.17) is 33.2 Å². The lowest BCUT2D eigenvalue weighted by atomic mass is 10.00. The molecule has 63 heavy (non-hydrogen) atoms. The topological polar surface area (TPSA) is 95.9 Å². The molecule has 3 aliphatic rings. The molecule has 334 valence electrons. The van der Waals surface area contributed by atoms with Gasteiger partial charge in [0.25, 0.3) is 0 Å². The smallest absolute Gasteiger partial charge is 0.164 e. The number of aromatic nitrogens is 6. The SMILES string of the molecule is C.Cc1sc2c(c1C)C(c1ccc(Cl)cc1)=N[C@@H](CN(C)C)c1nnc(C)n1-2.Cc1sc2c(c1C)C(c1ccc(Cl)cc1)=N[C@@H](CN(C)CCCN1CCCCC1)c1nnc(C)n1-2. The van der Waals surface area contributed by atoms with Crippen molar-refractivity contribution in [3.8, 4) is 10.0 Å². The number of aliphatic imine (C=N–C) groups is 2. The molecular weight excluding hydrogens is 866 g/mol. The molecule has 1 saturated heterocycles. The van der Waals surface area contributed by atoms with Gasteiger partial charge in [0.15, 0.2) is 11.6 Å². The average Bonchev–Trinajstić information content (AvgIpc) is 3.94. The molecule has 0 saturated carbocycles. The maximum Gasteiger partial charge on any atom is 0.164 e. The lowest BCUT2D eigenvalue weighted by Gasteiger charge is -2.27. The number of piperidine rings is 1. The number of likely N-dealkylation sites (tertiary alicyclic amines) is 1. The molecule has 6 aromatic rings. The summed E-state index contributed by atoms with van der Waals surface area (Å²) in [6.07, 6.45) is 5.25. The summed E-state index contributed by atoms with van der Waals surface area (Å²) in [5, 5.41) is 21.8. The van der Waals surface area contributed by atoms with Crippen molar-refractivity contribution in [1.29, 1.82) is 0 Å². The van der Waals surface area contributed by atoms with E-state index in [2.05, 4.69) is 105 Å². The first-order valence-electron chi connectivity index (χ1n) is 21.6. The molecule has 3 aliphatic heterocycles.